The lowest BCUT2D eigenvalue weighted by atomic mass is 9.98. The largest absolute Gasteiger partial charge is 0.383 e. The van der Waals surface area contributed by atoms with Crippen LogP contribution in [0.1, 0.15) is 23.3 Å². The normalized spacial score (nSPS) is 21.3. The Kier molecular flexibility index (Phi) is 6.32. The molecule has 1 unspecified atom stereocenters. The molecule has 7 heteroatoms. The van der Waals surface area contributed by atoms with Crippen LogP contribution in [0, 0.1) is 5.82 Å². The monoisotopic (exact) mass is 303 g/mol. The van der Waals surface area contributed by atoms with Crippen molar-refractivity contribution in [3.05, 3.63) is 29.8 Å². The summed E-state index contributed by atoms with van der Waals surface area (Å²) in [4.78, 5) is 15.6. The van der Waals surface area contributed by atoms with Gasteiger partial charge in [0.1, 0.15) is 11.5 Å². The number of rotatable bonds is 5. The minimum absolute atomic E-state index is 0. The van der Waals surface area contributed by atoms with Gasteiger partial charge >= 0.3 is 0 Å². The molecule has 1 atom stereocenters. The van der Waals surface area contributed by atoms with Gasteiger partial charge in [-0.1, -0.05) is 0 Å². The fraction of sp³-hybridized carbons (Fsp3) is 0.538. The van der Waals surface area contributed by atoms with Crippen LogP contribution in [0.15, 0.2) is 18.3 Å². The van der Waals surface area contributed by atoms with E-state index in [0.29, 0.717) is 13.2 Å². The first-order chi connectivity index (χ1) is 9.15. The van der Waals surface area contributed by atoms with E-state index in [1.54, 1.807) is 7.11 Å². The van der Waals surface area contributed by atoms with Gasteiger partial charge in [-0.05, 0) is 31.5 Å². The van der Waals surface area contributed by atoms with E-state index in [-0.39, 0.29) is 29.5 Å². The lowest BCUT2D eigenvalue weighted by molar-refractivity contribution is 0.0887. The highest BCUT2D eigenvalue weighted by atomic mass is 35.5. The van der Waals surface area contributed by atoms with Crippen molar-refractivity contribution in [1.82, 2.24) is 15.6 Å². The Balaban J connectivity index is 0.00000200. The fourth-order valence-electron chi connectivity index (χ4n) is 2.32. The zero-order valence-electron chi connectivity index (χ0n) is 11.3. The molecule has 0 spiro atoms. The van der Waals surface area contributed by atoms with Crippen LogP contribution in [0.25, 0.3) is 0 Å². The quantitative estimate of drug-likeness (QED) is 0.856. The molecule has 2 N–H and O–H groups in total. The molecule has 1 aromatic heterocycles. The van der Waals surface area contributed by atoms with Crippen molar-refractivity contribution in [2.45, 2.75) is 18.4 Å². The number of nitrogens with one attached hydrogen (secondary N) is 2. The second-order valence-electron chi connectivity index (χ2n) is 4.79. The molecule has 1 fully saturated rings. The van der Waals surface area contributed by atoms with Crippen LogP contribution >= 0.6 is 12.4 Å². The number of nitrogens with zero attached hydrogens (tertiary/aromatic N) is 1. The molecule has 2 heterocycles. The molecular formula is C13H19ClFN3O2. The third-order valence-electron chi connectivity index (χ3n) is 3.30. The Morgan fingerprint density at radius 1 is 1.60 bits per heavy atom. The standard InChI is InChI=1S/C13H18FN3O2.ClH/c1-19-9-13(5-2-6-17-13)8-16-12(18)11-4-3-10(14)7-15-11;/h3-4,7,17H,2,5-6,8-9H2,1H3,(H,16,18);1H. The van der Waals surface area contributed by atoms with Gasteiger partial charge in [0, 0.05) is 13.7 Å². The number of halogens is 2. The van der Waals surface area contributed by atoms with E-state index in [0.717, 1.165) is 25.6 Å². The maximum Gasteiger partial charge on any atom is 0.269 e. The van der Waals surface area contributed by atoms with Gasteiger partial charge in [-0.15, -0.1) is 12.4 Å². The van der Waals surface area contributed by atoms with Crippen molar-refractivity contribution in [3.63, 3.8) is 0 Å². The van der Waals surface area contributed by atoms with Crippen molar-refractivity contribution in [2.24, 2.45) is 0 Å². The number of methoxy groups -OCH3 is 1. The maximum atomic E-state index is 12.7. The van der Waals surface area contributed by atoms with Crippen LogP contribution in [0.2, 0.25) is 0 Å². The number of aromatic nitrogens is 1. The fourth-order valence-corrected chi connectivity index (χ4v) is 2.32. The summed E-state index contributed by atoms with van der Waals surface area (Å²) in [6.07, 6.45) is 3.06. The Morgan fingerprint density at radius 2 is 2.40 bits per heavy atom. The highest BCUT2D eigenvalue weighted by molar-refractivity contribution is 5.92. The first kappa shape index (κ1) is 16.8. The summed E-state index contributed by atoms with van der Waals surface area (Å²) in [5.41, 5.74) is 0.0109. The van der Waals surface area contributed by atoms with E-state index < -0.39 is 5.82 Å². The van der Waals surface area contributed by atoms with Gasteiger partial charge in [0.05, 0.1) is 18.3 Å². The number of ether oxygens (including phenoxy) is 1. The van der Waals surface area contributed by atoms with E-state index in [1.165, 1.54) is 12.1 Å². The average molecular weight is 304 g/mol. The first-order valence-electron chi connectivity index (χ1n) is 6.29. The van der Waals surface area contributed by atoms with E-state index in [9.17, 15) is 9.18 Å². The molecule has 2 rings (SSSR count). The summed E-state index contributed by atoms with van der Waals surface area (Å²) >= 11 is 0. The molecule has 0 aliphatic carbocycles. The first-order valence-corrected chi connectivity index (χ1v) is 6.29. The van der Waals surface area contributed by atoms with E-state index in [4.69, 9.17) is 4.74 Å². The summed E-state index contributed by atoms with van der Waals surface area (Å²) in [5, 5.41) is 6.19. The molecule has 0 aromatic carbocycles. The minimum atomic E-state index is -0.454. The van der Waals surface area contributed by atoms with Crippen LogP contribution in [0.5, 0.6) is 0 Å². The van der Waals surface area contributed by atoms with Gasteiger partial charge in [0.15, 0.2) is 0 Å². The molecule has 112 valence electrons. The number of pyridine rings is 1. The summed E-state index contributed by atoms with van der Waals surface area (Å²) in [6, 6.07) is 2.59. The Hall–Kier alpha value is -1.24. The van der Waals surface area contributed by atoms with Crippen LogP contribution < -0.4 is 10.6 Å². The zero-order valence-corrected chi connectivity index (χ0v) is 12.1. The lowest BCUT2D eigenvalue weighted by Gasteiger charge is -2.28. The van der Waals surface area contributed by atoms with Gasteiger partial charge in [-0.2, -0.15) is 0 Å². The third kappa shape index (κ3) is 4.13. The van der Waals surface area contributed by atoms with Crippen molar-refractivity contribution in [3.8, 4) is 0 Å². The Morgan fingerprint density at radius 3 is 2.95 bits per heavy atom. The predicted molar refractivity (Wildman–Crippen MR) is 75.6 cm³/mol. The van der Waals surface area contributed by atoms with Crippen molar-refractivity contribution in [2.75, 3.05) is 26.8 Å². The van der Waals surface area contributed by atoms with Crippen LogP contribution in [0.4, 0.5) is 4.39 Å². The van der Waals surface area contributed by atoms with Crippen molar-refractivity contribution in [1.29, 1.82) is 0 Å². The second-order valence-corrected chi connectivity index (χ2v) is 4.79. The molecule has 1 aromatic rings. The van der Waals surface area contributed by atoms with E-state index in [1.807, 2.05) is 0 Å². The summed E-state index contributed by atoms with van der Waals surface area (Å²) in [5.74, 6) is -0.756. The second kappa shape index (κ2) is 7.52. The maximum absolute atomic E-state index is 12.7. The summed E-state index contributed by atoms with van der Waals surface area (Å²) in [7, 11) is 1.64. The van der Waals surface area contributed by atoms with Gasteiger partial charge in [-0.25, -0.2) is 9.37 Å². The van der Waals surface area contributed by atoms with Gasteiger partial charge in [0.25, 0.3) is 5.91 Å². The van der Waals surface area contributed by atoms with E-state index >= 15 is 0 Å². The van der Waals surface area contributed by atoms with E-state index in [2.05, 4.69) is 15.6 Å². The number of amides is 1. The van der Waals surface area contributed by atoms with Gasteiger partial charge in [-0.3, -0.25) is 4.79 Å². The Labute approximate surface area is 123 Å². The molecule has 1 amide bonds. The van der Waals surface area contributed by atoms with Crippen LogP contribution in [0.3, 0.4) is 0 Å². The number of carbonyl (C=O) groups excluding carboxylic acids is 1. The smallest absolute Gasteiger partial charge is 0.269 e. The molecular weight excluding hydrogens is 285 g/mol. The third-order valence-corrected chi connectivity index (χ3v) is 3.30. The molecule has 0 bridgehead atoms. The predicted octanol–water partition coefficient (Wildman–Crippen LogP) is 1.14. The van der Waals surface area contributed by atoms with Gasteiger partial charge in [0.2, 0.25) is 0 Å². The van der Waals surface area contributed by atoms with Crippen LogP contribution in [-0.2, 0) is 4.74 Å². The molecule has 20 heavy (non-hydrogen) atoms. The highest BCUT2D eigenvalue weighted by Crippen LogP contribution is 2.18. The molecule has 1 aliphatic heterocycles. The molecule has 1 saturated heterocycles. The summed E-state index contributed by atoms with van der Waals surface area (Å²) in [6.45, 7) is 1.94. The molecule has 5 nitrogen and oxygen atoms in total. The number of carbonyl (C=O) groups is 1. The lowest BCUT2D eigenvalue weighted by Crippen LogP contribution is -2.53. The highest BCUT2D eigenvalue weighted by Gasteiger charge is 2.33. The van der Waals surface area contributed by atoms with Crippen LogP contribution in [-0.4, -0.2) is 43.2 Å². The summed E-state index contributed by atoms with van der Waals surface area (Å²) < 4.78 is 17.9. The number of hydrogen-bond donors (Lipinski definition) is 2. The molecule has 0 saturated carbocycles. The topological polar surface area (TPSA) is 63.2 Å². The molecule has 1 aliphatic rings. The van der Waals surface area contributed by atoms with Gasteiger partial charge < -0.3 is 15.4 Å². The average Bonchev–Trinajstić information content (AvgIpc) is 2.86. The van der Waals surface area contributed by atoms with Crippen molar-refractivity contribution >= 4 is 18.3 Å². The SMILES string of the molecule is COCC1(CNC(=O)c2ccc(F)cn2)CCCN1.Cl. The minimum Gasteiger partial charge on any atom is -0.383 e. The number of hydrogen-bond acceptors (Lipinski definition) is 4. The zero-order chi connectivity index (χ0) is 13.7. The Bertz CT molecular complexity index is 436. The molecule has 0 radical (unpaired) electrons. The van der Waals surface area contributed by atoms with Crippen molar-refractivity contribution < 1.29 is 13.9 Å².